The number of aliphatic hydroxyl groups is 1. The summed E-state index contributed by atoms with van der Waals surface area (Å²) in [5.41, 5.74) is 8.33. The zero-order valence-corrected chi connectivity index (χ0v) is 15.6. The summed E-state index contributed by atoms with van der Waals surface area (Å²) < 4.78 is 7.83. The highest BCUT2D eigenvalue weighted by atomic mass is 32.1. The monoisotopic (exact) mass is 381 g/mol. The molecular formula is C19H19N5O2S. The second-order valence-electron chi connectivity index (χ2n) is 6.56. The molecule has 27 heavy (non-hydrogen) atoms. The van der Waals surface area contributed by atoms with Gasteiger partial charge in [-0.2, -0.15) is 10.4 Å². The number of thiazole rings is 1. The van der Waals surface area contributed by atoms with E-state index in [-0.39, 0.29) is 6.54 Å². The first-order chi connectivity index (χ1) is 13.1. The molecule has 1 saturated carbocycles. The summed E-state index contributed by atoms with van der Waals surface area (Å²) in [5, 5.41) is 26.2. The molecule has 4 rings (SSSR count). The number of hydrogen-bond acceptors (Lipinski definition) is 7. The molecule has 1 aliphatic carbocycles. The number of nitrogens with two attached hydrogens (primary N) is 1. The summed E-state index contributed by atoms with van der Waals surface area (Å²) in [6.07, 6.45) is 1.53. The van der Waals surface area contributed by atoms with Crippen molar-refractivity contribution in [3.05, 3.63) is 46.6 Å². The molecule has 8 heteroatoms. The van der Waals surface area contributed by atoms with Crippen molar-refractivity contribution in [2.45, 2.75) is 24.9 Å². The third kappa shape index (κ3) is 3.57. The number of aryl methyl sites for hydroxylation is 1. The Labute approximate surface area is 160 Å². The lowest BCUT2D eigenvalue weighted by Gasteiger charge is -2.10. The minimum atomic E-state index is -0.795. The quantitative estimate of drug-likeness (QED) is 0.679. The van der Waals surface area contributed by atoms with Crippen LogP contribution in [0.4, 0.5) is 0 Å². The molecule has 0 bridgehead atoms. The predicted octanol–water partition coefficient (Wildman–Crippen LogP) is 3.08. The normalized spacial score (nSPS) is 14.7. The van der Waals surface area contributed by atoms with Crippen molar-refractivity contribution in [1.29, 1.82) is 5.26 Å². The van der Waals surface area contributed by atoms with Gasteiger partial charge in [0.05, 0.1) is 28.6 Å². The summed E-state index contributed by atoms with van der Waals surface area (Å²) in [5.74, 6) is 1.67. The van der Waals surface area contributed by atoms with Crippen molar-refractivity contribution in [2.24, 2.45) is 12.8 Å². The Bertz CT molecular complexity index is 1020. The molecule has 1 aromatic carbocycles. The van der Waals surface area contributed by atoms with Gasteiger partial charge in [0.1, 0.15) is 16.9 Å². The van der Waals surface area contributed by atoms with Crippen LogP contribution >= 0.6 is 11.3 Å². The summed E-state index contributed by atoms with van der Waals surface area (Å²) in [4.78, 5) is 4.48. The topological polar surface area (TPSA) is 110 Å². The zero-order chi connectivity index (χ0) is 19.0. The maximum absolute atomic E-state index is 9.91. The fraction of sp³-hybridized carbons (Fsp3) is 0.316. The van der Waals surface area contributed by atoms with Crippen LogP contribution < -0.4 is 10.5 Å². The first-order valence-corrected chi connectivity index (χ1v) is 9.57. The molecule has 0 spiro atoms. The number of aliphatic hydroxyl groups excluding tert-OH is 1. The van der Waals surface area contributed by atoms with E-state index in [0.717, 1.165) is 24.1 Å². The first-order valence-electron chi connectivity index (χ1n) is 8.69. The van der Waals surface area contributed by atoms with Gasteiger partial charge in [-0.3, -0.25) is 0 Å². The summed E-state index contributed by atoms with van der Waals surface area (Å²) in [6.45, 7) is 0.110. The highest BCUT2D eigenvalue weighted by Crippen LogP contribution is 2.42. The van der Waals surface area contributed by atoms with E-state index in [1.165, 1.54) is 11.3 Å². The largest absolute Gasteiger partial charge is 0.439 e. The van der Waals surface area contributed by atoms with Gasteiger partial charge in [-0.15, -0.1) is 11.3 Å². The first kappa shape index (κ1) is 17.7. The Kier molecular flexibility index (Phi) is 4.66. The number of nitriles is 1. The molecule has 138 valence electrons. The van der Waals surface area contributed by atoms with Gasteiger partial charge in [0, 0.05) is 31.0 Å². The van der Waals surface area contributed by atoms with Gasteiger partial charge in [0.15, 0.2) is 0 Å². The van der Waals surface area contributed by atoms with Crippen LogP contribution in [0.25, 0.3) is 10.6 Å². The Balaban J connectivity index is 1.70. The smallest absolute Gasteiger partial charge is 0.217 e. The van der Waals surface area contributed by atoms with E-state index < -0.39 is 6.10 Å². The van der Waals surface area contributed by atoms with Crippen LogP contribution in [0.1, 0.15) is 41.8 Å². The molecule has 0 radical (unpaired) electrons. The lowest BCUT2D eigenvalue weighted by molar-refractivity contribution is 0.182. The predicted molar refractivity (Wildman–Crippen MR) is 102 cm³/mol. The van der Waals surface area contributed by atoms with E-state index in [4.69, 9.17) is 10.5 Å². The van der Waals surface area contributed by atoms with E-state index in [1.54, 1.807) is 22.2 Å². The molecule has 0 aliphatic heterocycles. The number of rotatable bonds is 6. The van der Waals surface area contributed by atoms with Crippen LogP contribution in [-0.4, -0.2) is 26.4 Å². The molecule has 1 unspecified atom stereocenters. The standard InChI is InChI=1S/C19H19N5O2S/c1-24-18(7-14(23-24)12-3-4-12)26-17-6-11(8-20)2-5-13(17)19-22-15(10-27-19)16(25)9-21/h2,5-7,10,12,16,25H,3-4,9,21H2,1H3. The van der Waals surface area contributed by atoms with Gasteiger partial charge < -0.3 is 15.6 Å². The SMILES string of the molecule is Cn1nc(C2CC2)cc1Oc1cc(C#N)ccc1-c1nc(C(O)CN)cs1. The lowest BCUT2D eigenvalue weighted by Crippen LogP contribution is -2.11. The Morgan fingerprint density at radius 1 is 1.44 bits per heavy atom. The maximum atomic E-state index is 9.91. The van der Waals surface area contributed by atoms with Crippen molar-refractivity contribution in [2.75, 3.05) is 6.54 Å². The van der Waals surface area contributed by atoms with E-state index in [9.17, 15) is 10.4 Å². The van der Waals surface area contributed by atoms with Crippen LogP contribution in [0.2, 0.25) is 0 Å². The van der Waals surface area contributed by atoms with Crippen LogP contribution in [-0.2, 0) is 7.05 Å². The van der Waals surface area contributed by atoms with Gasteiger partial charge in [-0.25, -0.2) is 9.67 Å². The average molecular weight is 381 g/mol. The lowest BCUT2D eigenvalue weighted by atomic mass is 10.1. The number of nitrogens with zero attached hydrogens (tertiary/aromatic N) is 4. The summed E-state index contributed by atoms with van der Waals surface area (Å²) in [6, 6.07) is 9.31. The summed E-state index contributed by atoms with van der Waals surface area (Å²) >= 11 is 1.40. The molecule has 2 aromatic heterocycles. The molecule has 1 aliphatic rings. The Hall–Kier alpha value is -2.73. The fourth-order valence-electron chi connectivity index (χ4n) is 2.79. The summed E-state index contributed by atoms with van der Waals surface area (Å²) in [7, 11) is 1.84. The van der Waals surface area contributed by atoms with Crippen LogP contribution in [0.3, 0.4) is 0 Å². The number of hydrogen-bond donors (Lipinski definition) is 2. The average Bonchev–Trinajstić information content (AvgIpc) is 3.31. The molecular weight excluding hydrogens is 362 g/mol. The maximum Gasteiger partial charge on any atom is 0.217 e. The Morgan fingerprint density at radius 3 is 2.96 bits per heavy atom. The molecule has 1 atom stereocenters. The van der Waals surface area contributed by atoms with Gasteiger partial charge in [-0.1, -0.05) is 0 Å². The minimum Gasteiger partial charge on any atom is -0.439 e. The third-order valence-electron chi connectivity index (χ3n) is 4.49. The fourth-order valence-corrected chi connectivity index (χ4v) is 3.69. The van der Waals surface area contributed by atoms with E-state index in [1.807, 2.05) is 19.2 Å². The van der Waals surface area contributed by atoms with Crippen molar-refractivity contribution >= 4 is 11.3 Å². The van der Waals surface area contributed by atoms with Crippen molar-refractivity contribution in [1.82, 2.24) is 14.8 Å². The second kappa shape index (κ2) is 7.12. The van der Waals surface area contributed by atoms with Gasteiger partial charge in [0.2, 0.25) is 5.88 Å². The van der Waals surface area contributed by atoms with Crippen molar-refractivity contribution in [3.63, 3.8) is 0 Å². The molecule has 7 nitrogen and oxygen atoms in total. The molecule has 3 N–H and O–H groups in total. The highest BCUT2D eigenvalue weighted by molar-refractivity contribution is 7.13. The van der Waals surface area contributed by atoms with Gasteiger partial charge in [-0.05, 0) is 31.0 Å². The molecule has 3 aromatic rings. The third-order valence-corrected chi connectivity index (χ3v) is 5.39. The van der Waals surface area contributed by atoms with Crippen LogP contribution in [0.15, 0.2) is 29.6 Å². The second-order valence-corrected chi connectivity index (χ2v) is 7.42. The minimum absolute atomic E-state index is 0.110. The zero-order valence-electron chi connectivity index (χ0n) is 14.8. The van der Waals surface area contributed by atoms with Gasteiger partial charge in [0.25, 0.3) is 0 Å². The van der Waals surface area contributed by atoms with E-state index >= 15 is 0 Å². The number of benzene rings is 1. The van der Waals surface area contributed by atoms with Crippen molar-refractivity contribution < 1.29 is 9.84 Å². The molecule has 0 saturated heterocycles. The van der Waals surface area contributed by atoms with E-state index in [0.29, 0.717) is 33.8 Å². The van der Waals surface area contributed by atoms with Crippen molar-refractivity contribution in [3.8, 4) is 28.3 Å². The Morgan fingerprint density at radius 2 is 2.26 bits per heavy atom. The number of ether oxygens (including phenoxy) is 1. The molecule has 0 amide bonds. The van der Waals surface area contributed by atoms with Crippen LogP contribution in [0, 0.1) is 11.3 Å². The highest BCUT2D eigenvalue weighted by Gasteiger charge is 2.27. The molecule has 2 heterocycles. The van der Waals surface area contributed by atoms with Crippen LogP contribution in [0.5, 0.6) is 11.6 Å². The van der Waals surface area contributed by atoms with E-state index in [2.05, 4.69) is 16.2 Å². The molecule has 1 fully saturated rings. The van der Waals surface area contributed by atoms with Gasteiger partial charge >= 0.3 is 0 Å². The number of aromatic nitrogens is 3.